The van der Waals surface area contributed by atoms with Crippen LogP contribution in [0.5, 0.6) is 0 Å². The van der Waals surface area contributed by atoms with E-state index < -0.39 is 11.7 Å². The smallest absolute Gasteiger partial charge is 0.309 e. The van der Waals surface area contributed by atoms with E-state index in [1.54, 1.807) is 0 Å². The standard InChI is InChI=1S/C63H37F3N4/c1-68-55-38-49(63(64,65)66)26-31-54(55)62-60(69-56-34-45(41-14-6-2-7-15-41)22-27-50(56)51-28-23-46(35-57(51)69)42-16-8-3-9-17-42)32-40(39-67)33-61(62)70-58-36-47(43-18-10-4-11-19-43)24-29-52(58)53-30-25-48(37-59(53)70)44-20-12-5-13-21-44/h2-38H. The number of fused-ring (bicyclic) bond motifs is 6. The van der Waals surface area contributed by atoms with Gasteiger partial charge >= 0.3 is 6.18 Å². The number of hydrogen-bond acceptors (Lipinski definition) is 1. The molecule has 7 heteroatoms. The van der Waals surface area contributed by atoms with Crippen LogP contribution in [0.4, 0.5) is 18.9 Å². The van der Waals surface area contributed by atoms with Crippen molar-refractivity contribution in [3.8, 4) is 73.1 Å². The summed E-state index contributed by atoms with van der Waals surface area (Å²) in [5, 5.41) is 14.9. The van der Waals surface area contributed by atoms with Crippen LogP contribution >= 0.6 is 0 Å². The minimum atomic E-state index is -4.70. The van der Waals surface area contributed by atoms with Gasteiger partial charge in [-0.25, -0.2) is 4.85 Å². The second-order valence-electron chi connectivity index (χ2n) is 17.4. The molecule has 10 aromatic carbocycles. The normalized spacial score (nSPS) is 11.6. The third-order valence-electron chi connectivity index (χ3n) is 13.4. The van der Waals surface area contributed by atoms with Crippen LogP contribution in [0, 0.1) is 17.9 Å². The van der Waals surface area contributed by atoms with E-state index in [0.29, 0.717) is 28.1 Å². The Morgan fingerprint density at radius 2 is 0.743 bits per heavy atom. The van der Waals surface area contributed by atoms with Crippen LogP contribution in [-0.2, 0) is 6.18 Å². The number of aromatic nitrogens is 2. The molecule has 2 aromatic heterocycles. The van der Waals surface area contributed by atoms with Crippen molar-refractivity contribution in [1.82, 2.24) is 9.13 Å². The number of alkyl halides is 3. The first-order valence-corrected chi connectivity index (χ1v) is 22.8. The van der Waals surface area contributed by atoms with Gasteiger partial charge in [0, 0.05) is 32.7 Å². The average molecular weight is 907 g/mol. The predicted octanol–water partition coefficient (Wildman–Crippen LogP) is 17.7. The molecule has 2 heterocycles. The van der Waals surface area contributed by atoms with Gasteiger partial charge in [0.15, 0.2) is 5.69 Å². The number of hydrogen-bond donors (Lipinski definition) is 0. The summed E-state index contributed by atoms with van der Waals surface area (Å²) < 4.78 is 48.1. The number of rotatable bonds is 7. The summed E-state index contributed by atoms with van der Waals surface area (Å²) in [5.74, 6) is 0. The van der Waals surface area contributed by atoms with Crippen LogP contribution in [0.25, 0.3) is 115 Å². The summed E-state index contributed by atoms with van der Waals surface area (Å²) in [6, 6.07) is 75.2. The molecular weight excluding hydrogens is 870 g/mol. The predicted molar refractivity (Wildman–Crippen MR) is 278 cm³/mol. The molecule has 0 radical (unpaired) electrons. The summed E-state index contributed by atoms with van der Waals surface area (Å²) >= 11 is 0. The molecule has 0 aliphatic heterocycles. The first-order valence-electron chi connectivity index (χ1n) is 22.8. The van der Waals surface area contributed by atoms with Gasteiger partial charge in [0.1, 0.15) is 0 Å². The lowest BCUT2D eigenvalue weighted by Gasteiger charge is -2.22. The van der Waals surface area contributed by atoms with Crippen molar-refractivity contribution < 1.29 is 13.2 Å². The monoisotopic (exact) mass is 906 g/mol. The van der Waals surface area contributed by atoms with Crippen molar-refractivity contribution >= 4 is 49.3 Å². The van der Waals surface area contributed by atoms with Gasteiger partial charge < -0.3 is 9.13 Å². The highest BCUT2D eigenvalue weighted by atomic mass is 19.4. The molecule has 0 fully saturated rings. The zero-order chi connectivity index (χ0) is 47.5. The van der Waals surface area contributed by atoms with Gasteiger partial charge in [0.05, 0.1) is 51.6 Å². The first-order chi connectivity index (χ1) is 34.2. The minimum Gasteiger partial charge on any atom is -0.309 e. The van der Waals surface area contributed by atoms with Crippen LogP contribution in [0.15, 0.2) is 224 Å². The Morgan fingerprint density at radius 1 is 0.400 bits per heavy atom. The molecule has 4 nitrogen and oxygen atoms in total. The highest BCUT2D eigenvalue weighted by Gasteiger charge is 2.32. The van der Waals surface area contributed by atoms with E-state index in [9.17, 15) is 18.4 Å². The maximum atomic E-state index is 14.6. The topological polar surface area (TPSA) is 38.0 Å². The van der Waals surface area contributed by atoms with Gasteiger partial charge in [-0.2, -0.15) is 18.4 Å². The number of nitrogens with zero attached hydrogens (tertiary/aromatic N) is 4. The highest BCUT2D eigenvalue weighted by Crippen LogP contribution is 2.48. The summed E-state index contributed by atoms with van der Waals surface area (Å²) in [5.41, 5.74) is 12.2. The Morgan fingerprint density at radius 3 is 1.04 bits per heavy atom. The molecule has 0 spiro atoms. The first kappa shape index (κ1) is 42.0. The second-order valence-corrected chi connectivity index (χ2v) is 17.4. The van der Waals surface area contributed by atoms with E-state index in [2.05, 4.69) is 141 Å². The summed E-state index contributed by atoms with van der Waals surface area (Å²) in [4.78, 5) is 3.84. The van der Waals surface area contributed by atoms with Gasteiger partial charge in [-0.1, -0.05) is 182 Å². The van der Waals surface area contributed by atoms with Gasteiger partial charge in [-0.3, -0.25) is 0 Å². The Labute approximate surface area is 401 Å². The zero-order valence-electron chi connectivity index (χ0n) is 37.3. The molecule has 0 unspecified atom stereocenters. The Balaban J connectivity index is 1.28. The van der Waals surface area contributed by atoms with Gasteiger partial charge in [-0.05, 0) is 92.5 Å². The van der Waals surface area contributed by atoms with Crippen molar-refractivity contribution in [2.75, 3.05) is 0 Å². The van der Waals surface area contributed by atoms with Crippen LogP contribution in [0.2, 0.25) is 0 Å². The zero-order valence-corrected chi connectivity index (χ0v) is 37.3. The molecule has 0 atom stereocenters. The van der Waals surface area contributed by atoms with Gasteiger partial charge in [0.25, 0.3) is 0 Å². The Bertz CT molecular complexity index is 3690. The van der Waals surface area contributed by atoms with Crippen molar-refractivity contribution in [2.45, 2.75) is 6.18 Å². The van der Waals surface area contributed by atoms with Crippen molar-refractivity contribution in [3.63, 3.8) is 0 Å². The fraction of sp³-hybridized carbons (Fsp3) is 0.0159. The molecule has 0 aliphatic carbocycles. The summed E-state index contributed by atoms with van der Waals surface area (Å²) in [6.45, 7) is 8.51. The fourth-order valence-corrected chi connectivity index (χ4v) is 10.1. The molecule has 70 heavy (non-hydrogen) atoms. The second kappa shape index (κ2) is 16.7. The quantitative estimate of drug-likeness (QED) is 0.147. The molecular formula is C63H37F3N4. The number of nitriles is 1. The molecule has 0 bridgehead atoms. The van der Waals surface area contributed by atoms with E-state index >= 15 is 0 Å². The third kappa shape index (κ3) is 7.08. The molecule has 0 N–H and O–H groups in total. The van der Waals surface area contributed by atoms with E-state index in [0.717, 1.165) is 100 Å². The largest absolute Gasteiger partial charge is 0.415 e. The van der Waals surface area contributed by atoms with Crippen LogP contribution < -0.4 is 0 Å². The molecule has 12 rings (SSSR count). The Hall–Kier alpha value is -9.43. The average Bonchev–Trinajstić information content (AvgIpc) is 3.92. The van der Waals surface area contributed by atoms with Gasteiger partial charge in [-0.15, -0.1) is 0 Å². The summed E-state index contributed by atoms with van der Waals surface area (Å²) in [7, 11) is 0. The van der Waals surface area contributed by atoms with Crippen molar-refractivity contribution in [1.29, 1.82) is 5.26 Å². The van der Waals surface area contributed by atoms with E-state index in [1.807, 2.05) is 84.9 Å². The fourth-order valence-electron chi connectivity index (χ4n) is 10.1. The molecule has 0 saturated heterocycles. The SMILES string of the molecule is [C-]#[N+]c1cc(C(F)(F)F)ccc1-c1c(-n2c3cc(-c4ccccc4)ccc3c3ccc(-c4ccccc4)cc32)cc(C#N)cc1-n1c2cc(-c3ccccc3)ccc2c2ccc(-c3ccccc3)cc21. The number of benzene rings is 10. The molecule has 330 valence electrons. The van der Waals surface area contributed by atoms with E-state index in [-0.39, 0.29) is 5.69 Å². The minimum absolute atomic E-state index is 0.173. The molecule has 0 amide bonds. The van der Waals surface area contributed by atoms with Crippen molar-refractivity contribution in [2.24, 2.45) is 0 Å². The van der Waals surface area contributed by atoms with Crippen LogP contribution in [-0.4, -0.2) is 9.13 Å². The molecule has 0 saturated carbocycles. The molecule has 12 aromatic rings. The van der Waals surface area contributed by atoms with Crippen LogP contribution in [0.3, 0.4) is 0 Å². The maximum Gasteiger partial charge on any atom is 0.415 e. The van der Waals surface area contributed by atoms with Crippen LogP contribution in [0.1, 0.15) is 11.1 Å². The van der Waals surface area contributed by atoms with E-state index in [4.69, 9.17) is 6.57 Å². The lowest BCUT2D eigenvalue weighted by Crippen LogP contribution is -2.07. The Kier molecular flexibility index (Phi) is 10.0. The van der Waals surface area contributed by atoms with E-state index in [1.165, 1.54) is 6.07 Å². The third-order valence-corrected chi connectivity index (χ3v) is 13.4. The lowest BCUT2D eigenvalue weighted by molar-refractivity contribution is -0.137. The maximum absolute atomic E-state index is 14.6. The molecule has 0 aliphatic rings. The highest BCUT2D eigenvalue weighted by molar-refractivity contribution is 6.14. The lowest BCUT2D eigenvalue weighted by atomic mass is 9.95. The number of halogens is 3. The summed E-state index contributed by atoms with van der Waals surface area (Å²) in [6.07, 6.45) is -4.70. The van der Waals surface area contributed by atoms with Gasteiger partial charge in [0.2, 0.25) is 0 Å². The van der Waals surface area contributed by atoms with Crippen molar-refractivity contribution in [3.05, 3.63) is 247 Å².